The van der Waals surface area contributed by atoms with Crippen LogP contribution in [0.2, 0.25) is 0 Å². The third kappa shape index (κ3) is 5.55. The van der Waals surface area contributed by atoms with Gasteiger partial charge in [-0.3, -0.25) is 4.79 Å². The minimum Gasteiger partial charge on any atom is -0.494 e. The van der Waals surface area contributed by atoms with Gasteiger partial charge in [-0.2, -0.15) is 0 Å². The first-order valence-corrected chi connectivity index (χ1v) is 11.4. The zero-order valence-electron chi connectivity index (χ0n) is 15.9. The number of sulfone groups is 1. The van der Waals surface area contributed by atoms with E-state index in [0.717, 1.165) is 23.9 Å². The van der Waals surface area contributed by atoms with Crippen LogP contribution in [-0.2, 0) is 14.6 Å². The van der Waals surface area contributed by atoms with Crippen LogP contribution in [0, 0.1) is 5.82 Å². The Bertz CT molecular complexity index is 1120. The third-order valence-corrected chi connectivity index (χ3v) is 6.36. The molecule has 2 aromatic carbocycles. The largest absolute Gasteiger partial charge is 0.494 e. The number of thioether (sulfide) groups is 1. The second-order valence-electron chi connectivity index (χ2n) is 5.96. The number of halogens is 1. The highest BCUT2D eigenvalue weighted by atomic mass is 32.2. The Hall–Kier alpha value is -2.98. The maximum atomic E-state index is 13.3. The summed E-state index contributed by atoms with van der Waals surface area (Å²) in [5.41, 5.74) is 0.631. The molecule has 1 heterocycles. The normalized spacial score (nSPS) is 11.1. The standard InChI is InChI=1S/C20H18FN3O4S2/c1-2-28-16-8-6-15(7-9-16)22-18(25)13-29-19-10-11-20(24-23-19)30(26,27)17-5-3-4-14(21)12-17/h3-12H,2,13H2,1H3,(H,22,25). The third-order valence-electron chi connectivity index (χ3n) is 3.80. The van der Waals surface area contributed by atoms with E-state index in [4.69, 9.17) is 4.74 Å². The fraction of sp³-hybridized carbons (Fsp3) is 0.150. The van der Waals surface area contributed by atoms with Crippen LogP contribution in [0.15, 0.2) is 75.6 Å². The van der Waals surface area contributed by atoms with Gasteiger partial charge in [0, 0.05) is 5.69 Å². The average molecular weight is 448 g/mol. The van der Waals surface area contributed by atoms with Gasteiger partial charge in [0.1, 0.15) is 16.6 Å². The van der Waals surface area contributed by atoms with E-state index in [-0.39, 0.29) is 21.6 Å². The molecule has 0 atom stereocenters. The number of ether oxygens (including phenoxy) is 1. The van der Waals surface area contributed by atoms with Crippen molar-refractivity contribution in [2.24, 2.45) is 0 Å². The SMILES string of the molecule is CCOc1ccc(NC(=O)CSc2ccc(S(=O)(=O)c3cccc(F)c3)nn2)cc1. The van der Waals surface area contributed by atoms with Gasteiger partial charge < -0.3 is 10.1 Å². The molecule has 0 bridgehead atoms. The van der Waals surface area contributed by atoms with Crippen LogP contribution in [-0.4, -0.2) is 36.9 Å². The molecule has 1 N–H and O–H groups in total. The first-order chi connectivity index (χ1) is 14.4. The number of hydrogen-bond donors (Lipinski definition) is 1. The maximum Gasteiger partial charge on any atom is 0.234 e. The van der Waals surface area contributed by atoms with E-state index in [1.165, 1.54) is 24.3 Å². The summed E-state index contributed by atoms with van der Waals surface area (Å²) in [6.07, 6.45) is 0. The van der Waals surface area contributed by atoms with Gasteiger partial charge in [-0.25, -0.2) is 12.8 Å². The number of aromatic nitrogens is 2. The Morgan fingerprint density at radius 3 is 2.50 bits per heavy atom. The fourth-order valence-electron chi connectivity index (χ4n) is 2.42. The van der Waals surface area contributed by atoms with Crippen molar-refractivity contribution in [3.63, 3.8) is 0 Å². The molecule has 3 aromatic rings. The lowest BCUT2D eigenvalue weighted by Crippen LogP contribution is -2.14. The van der Waals surface area contributed by atoms with Crippen molar-refractivity contribution in [3.05, 3.63) is 66.5 Å². The second-order valence-corrected chi connectivity index (χ2v) is 8.86. The Morgan fingerprint density at radius 2 is 1.87 bits per heavy atom. The van der Waals surface area contributed by atoms with Crippen LogP contribution in [0.25, 0.3) is 0 Å². The molecule has 0 aliphatic rings. The summed E-state index contributed by atoms with van der Waals surface area (Å²) in [4.78, 5) is 11.9. The number of anilines is 1. The Labute approximate surface area is 177 Å². The van der Waals surface area contributed by atoms with Gasteiger partial charge in [-0.15, -0.1) is 10.2 Å². The number of carbonyl (C=O) groups is 1. The molecular formula is C20H18FN3O4S2. The Balaban J connectivity index is 1.58. The minimum atomic E-state index is -3.97. The van der Waals surface area contributed by atoms with Crippen molar-refractivity contribution in [1.82, 2.24) is 10.2 Å². The number of hydrogen-bond acceptors (Lipinski definition) is 7. The van der Waals surface area contributed by atoms with E-state index < -0.39 is 15.7 Å². The number of amides is 1. The quantitative estimate of drug-likeness (QED) is 0.527. The topological polar surface area (TPSA) is 98.2 Å². The number of rotatable bonds is 8. The van der Waals surface area contributed by atoms with Crippen LogP contribution in [0.3, 0.4) is 0 Å². The predicted octanol–water partition coefficient (Wildman–Crippen LogP) is 3.58. The highest BCUT2D eigenvalue weighted by molar-refractivity contribution is 7.99. The molecule has 1 amide bonds. The van der Waals surface area contributed by atoms with Crippen molar-refractivity contribution in [1.29, 1.82) is 0 Å². The van der Waals surface area contributed by atoms with E-state index in [0.29, 0.717) is 23.1 Å². The van der Waals surface area contributed by atoms with Crippen molar-refractivity contribution in [2.45, 2.75) is 21.9 Å². The molecule has 0 radical (unpaired) electrons. The van der Waals surface area contributed by atoms with Crippen LogP contribution >= 0.6 is 11.8 Å². The van der Waals surface area contributed by atoms with Crippen molar-refractivity contribution in [2.75, 3.05) is 17.7 Å². The first kappa shape index (κ1) is 21.7. The smallest absolute Gasteiger partial charge is 0.234 e. The summed E-state index contributed by atoms with van der Waals surface area (Å²) in [5.74, 6) is -0.122. The van der Waals surface area contributed by atoms with E-state index in [1.807, 2.05) is 6.92 Å². The van der Waals surface area contributed by atoms with Crippen molar-refractivity contribution in [3.8, 4) is 5.75 Å². The predicted molar refractivity (Wildman–Crippen MR) is 111 cm³/mol. The Morgan fingerprint density at radius 1 is 1.10 bits per heavy atom. The highest BCUT2D eigenvalue weighted by Gasteiger charge is 2.20. The maximum absolute atomic E-state index is 13.3. The summed E-state index contributed by atoms with van der Waals surface area (Å²) in [5, 5.41) is 10.4. The molecule has 1 aromatic heterocycles. The summed E-state index contributed by atoms with van der Waals surface area (Å²) < 4.78 is 43.6. The number of benzene rings is 2. The van der Waals surface area contributed by atoms with Crippen LogP contribution < -0.4 is 10.1 Å². The van der Waals surface area contributed by atoms with Crippen LogP contribution in [0.1, 0.15) is 6.92 Å². The van der Waals surface area contributed by atoms with Gasteiger partial charge in [0.05, 0.1) is 17.3 Å². The highest BCUT2D eigenvalue weighted by Crippen LogP contribution is 2.22. The van der Waals surface area contributed by atoms with Crippen LogP contribution in [0.4, 0.5) is 10.1 Å². The van der Waals surface area contributed by atoms with Gasteiger partial charge >= 0.3 is 0 Å². The number of carbonyl (C=O) groups excluding carboxylic acids is 1. The van der Waals surface area contributed by atoms with Crippen molar-refractivity contribution < 1.29 is 22.3 Å². The second kappa shape index (κ2) is 9.68. The summed E-state index contributed by atoms with van der Waals surface area (Å²) in [6, 6.07) is 14.4. The van der Waals surface area contributed by atoms with Gasteiger partial charge in [0.15, 0.2) is 5.03 Å². The minimum absolute atomic E-state index is 0.0673. The molecule has 0 saturated heterocycles. The van der Waals surface area contributed by atoms with E-state index >= 15 is 0 Å². The fourth-order valence-corrected chi connectivity index (χ4v) is 4.20. The molecule has 0 unspecified atom stereocenters. The summed E-state index contributed by atoms with van der Waals surface area (Å²) in [6.45, 7) is 2.45. The zero-order chi connectivity index (χ0) is 21.6. The molecular weight excluding hydrogens is 429 g/mol. The molecule has 0 aliphatic carbocycles. The lowest BCUT2D eigenvalue weighted by atomic mass is 10.3. The summed E-state index contributed by atoms with van der Waals surface area (Å²) >= 11 is 1.11. The van der Waals surface area contributed by atoms with E-state index in [9.17, 15) is 17.6 Å². The molecule has 0 saturated carbocycles. The van der Waals surface area contributed by atoms with Gasteiger partial charge in [0.2, 0.25) is 15.7 Å². The molecule has 0 fully saturated rings. The molecule has 30 heavy (non-hydrogen) atoms. The van der Waals surface area contributed by atoms with E-state index in [2.05, 4.69) is 15.5 Å². The monoisotopic (exact) mass is 447 g/mol. The average Bonchev–Trinajstić information content (AvgIpc) is 2.74. The van der Waals surface area contributed by atoms with E-state index in [1.54, 1.807) is 24.3 Å². The zero-order valence-corrected chi connectivity index (χ0v) is 17.5. The number of nitrogens with zero attached hydrogens (tertiary/aromatic N) is 2. The Kier molecular flexibility index (Phi) is 7.01. The molecule has 7 nitrogen and oxygen atoms in total. The first-order valence-electron chi connectivity index (χ1n) is 8.88. The number of nitrogens with one attached hydrogen (secondary N) is 1. The lowest BCUT2D eigenvalue weighted by Gasteiger charge is -2.07. The lowest BCUT2D eigenvalue weighted by molar-refractivity contribution is -0.113. The van der Waals surface area contributed by atoms with Gasteiger partial charge in [-0.05, 0) is 61.5 Å². The van der Waals surface area contributed by atoms with Crippen LogP contribution in [0.5, 0.6) is 5.75 Å². The molecule has 3 rings (SSSR count). The molecule has 10 heteroatoms. The van der Waals surface area contributed by atoms with Gasteiger partial charge in [0.25, 0.3) is 0 Å². The van der Waals surface area contributed by atoms with Crippen molar-refractivity contribution >= 4 is 33.2 Å². The molecule has 156 valence electrons. The summed E-state index contributed by atoms with van der Waals surface area (Å²) in [7, 11) is -3.97. The van der Waals surface area contributed by atoms with Gasteiger partial charge in [-0.1, -0.05) is 17.8 Å². The molecule has 0 spiro atoms. The molecule has 0 aliphatic heterocycles.